The second-order valence-corrected chi connectivity index (χ2v) is 4.95. The largest absolute Gasteiger partial charge is 0.397 e. The van der Waals surface area contributed by atoms with Crippen LogP contribution in [0.15, 0.2) is 12.1 Å². The average molecular weight is 321 g/mol. The van der Waals surface area contributed by atoms with Crippen LogP contribution in [0, 0.1) is 0 Å². The van der Waals surface area contributed by atoms with Crippen LogP contribution in [0.3, 0.4) is 0 Å². The topological polar surface area (TPSA) is 73.6 Å². The molecule has 0 spiro atoms. The maximum atomic E-state index is 11.8. The predicted molar refractivity (Wildman–Crippen MR) is 81.4 cm³/mol. The van der Waals surface area contributed by atoms with Crippen molar-refractivity contribution < 1.29 is 14.3 Å². The average Bonchev–Trinajstić information content (AvgIpc) is 2.38. The number of nitrogen functional groups attached to an aromatic ring is 1. The number of amides is 1. The molecule has 0 aliphatic rings. The van der Waals surface area contributed by atoms with Gasteiger partial charge in [0.25, 0.3) is 0 Å². The molecule has 1 aromatic rings. The van der Waals surface area contributed by atoms with Gasteiger partial charge in [0.15, 0.2) is 0 Å². The fourth-order valence-corrected chi connectivity index (χ4v) is 2.06. The number of anilines is 2. The zero-order chi connectivity index (χ0) is 15.0. The molecule has 0 aliphatic carbocycles. The molecule has 5 nitrogen and oxygen atoms in total. The molecule has 20 heavy (non-hydrogen) atoms. The highest BCUT2D eigenvalue weighted by Crippen LogP contribution is 2.32. The van der Waals surface area contributed by atoms with E-state index in [1.165, 1.54) is 12.1 Å². The van der Waals surface area contributed by atoms with Gasteiger partial charge < -0.3 is 20.5 Å². The number of carbonyl (C=O) groups is 1. The number of nitrogens with one attached hydrogen (secondary N) is 1. The van der Waals surface area contributed by atoms with Crippen molar-refractivity contribution in [1.29, 1.82) is 0 Å². The Morgan fingerprint density at radius 3 is 2.70 bits per heavy atom. The van der Waals surface area contributed by atoms with Crippen LogP contribution in [0.5, 0.6) is 0 Å². The summed E-state index contributed by atoms with van der Waals surface area (Å²) in [6, 6.07) is 3.07. The van der Waals surface area contributed by atoms with Gasteiger partial charge in [-0.2, -0.15) is 0 Å². The molecule has 112 valence electrons. The van der Waals surface area contributed by atoms with Crippen LogP contribution >= 0.6 is 23.2 Å². The van der Waals surface area contributed by atoms with E-state index in [-0.39, 0.29) is 5.91 Å². The summed E-state index contributed by atoms with van der Waals surface area (Å²) >= 11 is 11.8. The fraction of sp³-hybridized carbons (Fsp3) is 0.462. The van der Waals surface area contributed by atoms with Crippen molar-refractivity contribution in [3.8, 4) is 0 Å². The summed E-state index contributed by atoms with van der Waals surface area (Å²) < 4.78 is 10.1. The Hall–Kier alpha value is -1.01. The van der Waals surface area contributed by atoms with Crippen LogP contribution in [0.4, 0.5) is 11.4 Å². The lowest BCUT2D eigenvalue weighted by atomic mass is 10.2. The molecule has 0 saturated carbocycles. The molecule has 0 heterocycles. The third kappa shape index (κ3) is 5.96. The van der Waals surface area contributed by atoms with E-state index < -0.39 is 0 Å². The standard InChI is InChI=1S/C13H18Cl2N2O3/c1-19-5-6-20-4-2-3-12(18)17-13-10(15)7-9(14)8-11(13)16/h7-8H,2-6,16H2,1H3,(H,17,18). The molecule has 0 aromatic heterocycles. The first kappa shape index (κ1) is 17.0. The Labute approximate surface area is 128 Å². The number of carbonyl (C=O) groups excluding carboxylic acids is 1. The van der Waals surface area contributed by atoms with Crippen molar-refractivity contribution in [1.82, 2.24) is 0 Å². The van der Waals surface area contributed by atoms with E-state index in [0.717, 1.165) is 0 Å². The molecule has 7 heteroatoms. The van der Waals surface area contributed by atoms with Crippen LogP contribution in [0.25, 0.3) is 0 Å². The number of methoxy groups -OCH3 is 1. The first-order chi connectivity index (χ1) is 9.54. The highest BCUT2D eigenvalue weighted by Gasteiger charge is 2.10. The van der Waals surface area contributed by atoms with E-state index in [4.69, 9.17) is 38.4 Å². The molecule has 0 bridgehead atoms. The Balaban J connectivity index is 2.36. The Bertz CT molecular complexity index is 432. The van der Waals surface area contributed by atoms with Crippen molar-refractivity contribution in [3.05, 3.63) is 22.2 Å². The van der Waals surface area contributed by atoms with Crippen LogP contribution in [-0.4, -0.2) is 32.8 Å². The van der Waals surface area contributed by atoms with Gasteiger partial charge in [0.1, 0.15) is 0 Å². The van der Waals surface area contributed by atoms with Crippen molar-refractivity contribution in [2.75, 3.05) is 38.0 Å². The van der Waals surface area contributed by atoms with Crippen LogP contribution in [0.1, 0.15) is 12.8 Å². The third-order valence-electron chi connectivity index (χ3n) is 2.47. The summed E-state index contributed by atoms with van der Waals surface area (Å²) in [4.78, 5) is 11.8. The molecular formula is C13H18Cl2N2O3. The second-order valence-electron chi connectivity index (χ2n) is 4.11. The molecule has 0 saturated heterocycles. The minimum absolute atomic E-state index is 0.170. The minimum atomic E-state index is -0.170. The Morgan fingerprint density at radius 2 is 2.05 bits per heavy atom. The van der Waals surface area contributed by atoms with Gasteiger partial charge in [0, 0.05) is 25.2 Å². The first-order valence-corrected chi connectivity index (χ1v) is 6.91. The van der Waals surface area contributed by atoms with Gasteiger partial charge in [-0.3, -0.25) is 4.79 Å². The molecule has 1 amide bonds. The van der Waals surface area contributed by atoms with Gasteiger partial charge >= 0.3 is 0 Å². The molecule has 0 fully saturated rings. The summed E-state index contributed by atoms with van der Waals surface area (Å²) in [6.45, 7) is 1.57. The molecule has 3 N–H and O–H groups in total. The number of halogens is 2. The number of nitrogens with two attached hydrogens (primary N) is 1. The fourth-order valence-electron chi connectivity index (χ4n) is 1.51. The summed E-state index contributed by atoms with van der Waals surface area (Å²) in [7, 11) is 1.61. The maximum absolute atomic E-state index is 11.8. The number of ether oxygens (including phenoxy) is 2. The van der Waals surface area contributed by atoms with Gasteiger partial charge in [0.05, 0.1) is 29.6 Å². The Morgan fingerprint density at radius 1 is 1.30 bits per heavy atom. The summed E-state index contributed by atoms with van der Waals surface area (Å²) in [5.41, 5.74) is 6.49. The van der Waals surface area contributed by atoms with Crippen LogP contribution < -0.4 is 11.1 Å². The van der Waals surface area contributed by atoms with Crippen molar-refractivity contribution in [3.63, 3.8) is 0 Å². The van der Waals surface area contributed by atoms with Crippen molar-refractivity contribution >= 4 is 40.5 Å². The third-order valence-corrected chi connectivity index (χ3v) is 2.99. The van der Waals surface area contributed by atoms with E-state index in [1.807, 2.05) is 0 Å². The molecule has 1 aromatic carbocycles. The predicted octanol–water partition coefficient (Wildman–Crippen LogP) is 2.96. The lowest BCUT2D eigenvalue weighted by Gasteiger charge is -2.10. The Kier molecular flexibility index (Phi) is 7.69. The maximum Gasteiger partial charge on any atom is 0.224 e. The lowest BCUT2D eigenvalue weighted by Crippen LogP contribution is -2.14. The van der Waals surface area contributed by atoms with Gasteiger partial charge in [0.2, 0.25) is 5.91 Å². The number of hydrogen-bond donors (Lipinski definition) is 2. The van der Waals surface area contributed by atoms with Gasteiger partial charge in [-0.1, -0.05) is 23.2 Å². The molecule has 1 rings (SSSR count). The van der Waals surface area contributed by atoms with Crippen LogP contribution in [0.2, 0.25) is 10.0 Å². The molecule has 0 aliphatic heterocycles. The second kappa shape index (κ2) is 9.02. The molecular weight excluding hydrogens is 303 g/mol. The molecule has 0 unspecified atom stereocenters. The summed E-state index contributed by atoms with van der Waals surface area (Å²) in [5.74, 6) is -0.170. The van der Waals surface area contributed by atoms with Crippen molar-refractivity contribution in [2.45, 2.75) is 12.8 Å². The highest BCUT2D eigenvalue weighted by atomic mass is 35.5. The van der Waals surface area contributed by atoms with Gasteiger partial charge in [-0.25, -0.2) is 0 Å². The van der Waals surface area contributed by atoms with E-state index in [2.05, 4.69) is 5.32 Å². The summed E-state index contributed by atoms with van der Waals surface area (Å²) in [6.07, 6.45) is 0.937. The van der Waals surface area contributed by atoms with Gasteiger partial charge in [-0.15, -0.1) is 0 Å². The van der Waals surface area contributed by atoms with E-state index in [9.17, 15) is 4.79 Å². The highest BCUT2D eigenvalue weighted by molar-refractivity contribution is 6.37. The monoisotopic (exact) mass is 320 g/mol. The number of benzene rings is 1. The quantitative estimate of drug-likeness (QED) is 0.570. The minimum Gasteiger partial charge on any atom is -0.397 e. The zero-order valence-corrected chi connectivity index (χ0v) is 12.8. The van der Waals surface area contributed by atoms with Gasteiger partial charge in [-0.05, 0) is 18.6 Å². The van der Waals surface area contributed by atoms with E-state index in [1.54, 1.807) is 7.11 Å². The zero-order valence-electron chi connectivity index (χ0n) is 11.2. The van der Waals surface area contributed by atoms with E-state index >= 15 is 0 Å². The van der Waals surface area contributed by atoms with Crippen molar-refractivity contribution in [2.24, 2.45) is 0 Å². The summed E-state index contributed by atoms with van der Waals surface area (Å²) in [5, 5.41) is 3.42. The lowest BCUT2D eigenvalue weighted by molar-refractivity contribution is -0.116. The SMILES string of the molecule is COCCOCCCC(=O)Nc1c(N)cc(Cl)cc1Cl. The molecule has 0 radical (unpaired) electrons. The molecule has 0 atom stereocenters. The normalized spacial score (nSPS) is 10.6. The van der Waals surface area contributed by atoms with E-state index in [0.29, 0.717) is 54.1 Å². The first-order valence-electron chi connectivity index (χ1n) is 6.15. The smallest absolute Gasteiger partial charge is 0.224 e. The van der Waals surface area contributed by atoms with Crippen LogP contribution in [-0.2, 0) is 14.3 Å². The number of hydrogen-bond acceptors (Lipinski definition) is 4. The number of rotatable bonds is 8.